The molecule has 3 rings (SSSR count). The van der Waals surface area contributed by atoms with E-state index in [9.17, 15) is 14.7 Å². The number of ether oxygens (including phenoxy) is 2. The third kappa shape index (κ3) is 3.03. The molecule has 0 aliphatic rings. The smallest absolute Gasteiger partial charge is 0.342 e. The van der Waals surface area contributed by atoms with Gasteiger partial charge in [0.05, 0.1) is 12.5 Å². The zero-order chi connectivity index (χ0) is 19.0. The topological polar surface area (TPSA) is 102 Å². The SMILES string of the molecule is COc1cccc(C(=O)OC(C)c2nc3sc(C)c(C)c3c(=O)[nH]2)c1O. The number of hydrogen-bond donors (Lipinski definition) is 2. The summed E-state index contributed by atoms with van der Waals surface area (Å²) in [4.78, 5) is 33.4. The molecule has 3 aromatic rings. The molecule has 26 heavy (non-hydrogen) atoms. The van der Waals surface area contributed by atoms with Gasteiger partial charge < -0.3 is 19.6 Å². The predicted molar refractivity (Wildman–Crippen MR) is 98.2 cm³/mol. The largest absolute Gasteiger partial charge is 0.504 e. The summed E-state index contributed by atoms with van der Waals surface area (Å²) in [5.41, 5.74) is 0.609. The molecule has 0 aliphatic carbocycles. The summed E-state index contributed by atoms with van der Waals surface area (Å²) in [5.74, 6) is -0.618. The minimum Gasteiger partial charge on any atom is -0.504 e. The van der Waals surface area contributed by atoms with E-state index in [0.29, 0.717) is 10.2 Å². The fourth-order valence-corrected chi connectivity index (χ4v) is 3.63. The molecule has 8 heteroatoms. The molecule has 1 atom stereocenters. The number of para-hydroxylation sites is 1. The van der Waals surface area contributed by atoms with Crippen LogP contribution in [0.25, 0.3) is 10.2 Å². The number of nitrogens with zero attached hydrogens (tertiary/aromatic N) is 1. The number of phenols is 1. The van der Waals surface area contributed by atoms with Gasteiger partial charge >= 0.3 is 5.97 Å². The number of carbonyl (C=O) groups is 1. The number of aryl methyl sites for hydroxylation is 2. The second kappa shape index (κ2) is 6.80. The normalized spacial score (nSPS) is 12.2. The highest BCUT2D eigenvalue weighted by molar-refractivity contribution is 7.18. The minimum absolute atomic E-state index is 0.0255. The Morgan fingerprint density at radius 2 is 2.08 bits per heavy atom. The summed E-state index contributed by atoms with van der Waals surface area (Å²) in [5, 5.41) is 10.6. The number of thiophene rings is 1. The van der Waals surface area contributed by atoms with Crippen molar-refractivity contribution in [2.75, 3.05) is 7.11 Å². The molecular weight excluding hydrogens is 356 g/mol. The van der Waals surface area contributed by atoms with Crippen LogP contribution in [-0.2, 0) is 4.74 Å². The van der Waals surface area contributed by atoms with Crippen molar-refractivity contribution in [1.29, 1.82) is 0 Å². The molecule has 2 N–H and O–H groups in total. The highest BCUT2D eigenvalue weighted by atomic mass is 32.1. The van der Waals surface area contributed by atoms with Crippen molar-refractivity contribution in [3.05, 3.63) is 50.4 Å². The highest BCUT2D eigenvalue weighted by Crippen LogP contribution is 2.31. The summed E-state index contributed by atoms with van der Waals surface area (Å²) < 4.78 is 10.3. The van der Waals surface area contributed by atoms with Crippen LogP contribution in [0.5, 0.6) is 11.5 Å². The van der Waals surface area contributed by atoms with E-state index in [0.717, 1.165) is 10.4 Å². The van der Waals surface area contributed by atoms with Crippen LogP contribution in [0.4, 0.5) is 0 Å². The third-order valence-corrected chi connectivity index (χ3v) is 5.27. The molecule has 2 heterocycles. The molecule has 2 aromatic heterocycles. The molecule has 0 fully saturated rings. The van der Waals surface area contributed by atoms with Gasteiger partial charge in [-0.25, -0.2) is 9.78 Å². The minimum atomic E-state index is -0.798. The third-order valence-electron chi connectivity index (χ3n) is 4.17. The van der Waals surface area contributed by atoms with Gasteiger partial charge in [-0.15, -0.1) is 11.3 Å². The summed E-state index contributed by atoms with van der Waals surface area (Å²) in [7, 11) is 1.39. The van der Waals surface area contributed by atoms with E-state index in [4.69, 9.17) is 9.47 Å². The van der Waals surface area contributed by atoms with Crippen molar-refractivity contribution < 1.29 is 19.4 Å². The van der Waals surface area contributed by atoms with Gasteiger partial charge in [0.15, 0.2) is 23.4 Å². The number of hydrogen-bond acceptors (Lipinski definition) is 7. The van der Waals surface area contributed by atoms with Gasteiger partial charge in [-0.3, -0.25) is 4.79 Å². The molecule has 1 unspecified atom stereocenters. The number of phenolic OH excluding ortho intramolecular Hbond substituents is 1. The summed E-state index contributed by atoms with van der Waals surface area (Å²) in [6.07, 6.45) is -0.798. The number of carbonyl (C=O) groups excluding carboxylic acids is 1. The maximum Gasteiger partial charge on any atom is 0.342 e. The molecule has 0 aliphatic heterocycles. The lowest BCUT2D eigenvalue weighted by Crippen LogP contribution is -2.17. The quantitative estimate of drug-likeness (QED) is 0.680. The fourth-order valence-electron chi connectivity index (χ4n) is 2.60. The first-order valence-corrected chi connectivity index (χ1v) is 8.72. The van der Waals surface area contributed by atoms with Crippen molar-refractivity contribution in [3.8, 4) is 11.5 Å². The van der Waals surface area contributed by atoms with E-state index < -0.39 is 12.1 Å². The zero-order valence-electron chi connectivity index (χ0n) is 14.7. The van der Waals surface area contributed by atoms with Crippen LogP contribution in [0.15, 0.2) is 23.0 Å². The Kier molecular flexibility index (Phi) is 4.69. The molecule has 0 radical (unpaired) electrons. The van der Waals surface area contributed by atoms with Gasteiger partial charge in [0.1, 0.15) is 10.4 Å². The van der Waals surface area contributed by atoms with Crippen LogP contribution in [0.1, 0.15) is 39.7 Å². The number of aromatic nitrogens is 2. The van der Waals surface area contributed by atoms with E-state index in [-0.39, 0.29) is 28.4 Å². The van der Waals surface area contributed by atoms with Crippen molar-refractivity contribution in [2.45, 2.75) is 26.9 Å². The van der Waals surface area contributed by atoms with E-state index in [2.05, 4.69) is 9.97 Å². The molecule has 0 amide bonds. The first-order chi connectivity index (χ1) is 12.3. The molecule has 136 valence electrons. The average Bonchev–Trinajstić information content (AvgIpc) is 2.89. The number of fused-ring (bicyclic) bond motifs is 1. The zero-order valence-corrected chi connectivity index (χ0v) is 15.6. The summed E-state index contributed by atoms with van der Waals surface area (Å²) in [6.45, 7) is 5.40. The Morgan fingerprint density at radius 1 is 1.35 bits per heavy atom. The first kappa shape index (κ1) is 17.9. The molecular formula is C18H18N2O5S. The molecule has 0 saturated carbocycles. The van der Waals surface area contributed by atoms with E-state index in [1.54, 1.807) is 13.0 Å². The van der Waals surface area contributed by atoms with Crippen LogP contribution in [0, 0.1) is 13.8 Å². The average molecular weight is 374 g/mol. The molecule has 0 saturated heterocycles. The standard InChI is InChI=1S/C18H18N2O5S/c1-8-10(3)26-17-13(8)16(22)19-15(20-17)9(2)25-18(23)11-6-5-7-12(24-4)14(11)21/h5-7,9,21H,1-4H3,(H,19,20,22). The van der Waals surface area contributed by atoms with Gasteiger partial charge in [0.2, 0.25) is 0 Å². The van der Waals surface area contributed by atoms with Gasteiger partial charge in [0, 0.05) is 4.88 Å². The van der Waals surface area contributed by atoms with Gasteiger partial charge in [0.25, 0.3) is 5.56 Å². The van der Waals surface area contributed by atoms with Crippen LogP contribution < -0.4 is 10.3 Å². The van der Waals surface area contributed by atoms with Crippen molar-refractivity contribution in [2.24, 2.45) is 0 Å². The summed E-state index contributed by atoms with van der Waals surface area (Å²) in [6, 6.07) is 4.53. The lowest BCUT2D eigenvalue weighted by Gasteiger charge is -2.14. The van der Waals surface area contributed by atoms with Gasteiger partial charge in [-0.1, -0.05) is 6.07 Å². The van der Waals surface area contributed by atoms with E-state index in [1.165, 1.54) is 30.6 Å². The number of esters is 1. The second-order valence-corrected chi connectivity index (χ2v) is 7.02. The number of aromatic amines is 1. The fraction of sp³-hybridized carbons (Fsp3) is 0.278. The molecule has 7 nitrogen and oxygen atoms in total. The number of nitrogens with one attached hydrogen (secondary N) is 1. The van der Waals surface area contributed by atoms with Crippen molar-refractivity contribution in [3.63, 3.8) is 0 Å². The number of aromatic hydroxyl groups is 1. The second-order valence-electron chi connectivity index (χ2n) is 5.82. The van der Waals surface area contributed by atoms with Gasteiger partial charge in [-0.05, 0) is 38.5 Å². The summed E-state index contributed by atoms with van der Waals surface area (Å²) >= 11 is 1.42. The Labute approximate surface area is 153 Å². The lowest BCUT2D eigenvalue weighted by atomic mass is 10.2. The number of rotatable bonds is 4. The van der Waals surface area contributed by atoms with Crippen LogP contribution in [-0.4, -0.2) is 28.2 Å². The van der Waals surface area contributed by atoms with Crippen molar-refractivity contribution >= 4 is 27.5 Å². The Hall–Kier alpha value is -2.87. The van der Waals surface area contributed by atoms with Crippen LogP contribution >= 0.6 is 11.3 Å². The molecule has 1 aromatic carbocycles. The maximum atomic E-state index is 12.4. The van der Waals surface area contributed by atoms with E-state index in [1.807, 2.05) is 13.8 Å². The molecule has 0 bridgehead atoms. The Morgan fingerprint density at radius 3 is 2.77 bits per heavy atom. The Balaban J connectivity index is 1.91. The highest BCUT2D eigenvalue weighted by Gasteiger charge is 2.22. The Bertz CT molecular complexity index is 1050. The van der Waals surface area contributed by atoms with Crippen LogP contribution in [0.3, 0.4) is 0 Å². The number of H-pyrrole nitrogens is 1. The first-order valence-electron chi connectivity index (χ1n) is 7.90. The van der Waals surface area contributed by atoms with Gasteiger partial charge in [-0.2, -0.15) is 0 Å². The molecule has 0 spiro atoms. The van der Waals surface area contributed by atoms with E-state index >= 15 is 0 Å². The maximum absolute atomic E-state index is 12.4. The van der Waals surface area contributed by atoms with Crippen LogP contribution in [0.2, 0.25) is 0 Å². The monoisotopic (exact) mass is 374 g/mol. The predicted octanol–water partition coefficient (Wildman–Crippen LogP) is 3.23. The lowest BCUT2D eigenvalue weighted by molar-refractivity contribution is 0.0316. The van der Waals surface area contributed by atoms with Crippen molar-refractivity contribution in [1.82, 2.24) is 9.97 Å². The number of benzene rings is 1. The number of methoxy groups -OCH3 is 1.